The van der Waals surface area contributed by atoms with Crippen LogP contribution in [0.2, 0.25) is 0 Å². The number of rotatable bonds is 23. The lowest BCUT2D eigenvalue weighted by atomic mass is 9.40. The van der Waals surface area contributed by atoms with Gasteiger partial charge < -0.3 is 108 Å². The van der Waals surface area contributed by atoms with Crippen molar-refractivity contribution in [3.63, 3.8) is 0 Å². The minimum Gasteiger partial charge on any atom is -0.390 e. The maximum Gasteiger partial charge on any atom is 0.397 e. The summed E-state index contributed by atoms with van der Waals surface area (Å²) < 4.78 is 179. The second kappa shape index (κ2) is 29.4. The summed E-state index contributed by atoms with van der Waals surface area (Å²) in [5.74, 6) is -0.0954. The molecule has 0 aromatic heterocycles. The molecule has 0 aromatic carbocycles. The molecule has 5 heterocycles. The van der Waals surface area contributed by atoms with Crippen molar-refractivity contribution >= 4 is 31.2 Å². The molecule has 3 saturated carbocycles. The highest BCUT2D eigenvalue weighted by Gasteiger charge is 2.68. The van der Waals surface area contributed by atoms with Gasteiger partial charge in [0, 0.05) is 7.11 Å². The molecule has 37 heteroatoms. The summed E-state index contributed by atoms with van der Waals surface area (Å²) in [5, 5.41) is 126. The lowest BCUT2D eigenvalue weighted by Crippen LogP contribution is -2.68. The van der Waals surface area contributed by atoms with Crippen LogP contribution in [0.3, 0.4) is 0 Å². The fraction of sp³-hybridized carbons (Fsp3) is 0.932. The summed E-state index contributed by atoms with van der Waals surface area (Å²) in [6, 6.07) is 0. The molecular formula is C59H98O34S3. The van der Waals surface area contributed by atoms with Crippen LogP contribution in [0, 0.1) is 39.4 Å². The third-order valence-corrected chi connectivity index (χ3v) is 23.9. The van der Waals surface area contributed by atoms with Gasteiger partial charge in [0.05, 0.1) is 50.3 Å². The van der Waals surface area contributed by atoms with Gasteiger partial charge in [0.15, 0.2) is 31.5 Å². The van der Waals surface area contributed by atoms with Gasteiger partial charge >= 0.3 is 31.2 Å². The first-order valence-corrected chi connectivity index (χ1v) is 36.2. The van der Waals surface area contributed by atoms with Crippen molar-refractivity contribution in [3.8, 4) is 0 Å². The Bertz CT molecular complexity index is 3080. The molecule has 0 aromatic rings. The van der Waals surface area contributed by atoms with Gasteiger partial charge in [0.25, 0.3) is 0 Å². The Kier molecular flexibility index (Phi) is 24.0. The van der Waals surface area contributed by atoms with E-state index in [0.29, 0.717) is 25.7 Å². The minimum atomic E-state index is -5.32. The van der Waals surface area contributed by atoms with Crippen LogP contribution in [0.15, 0.2) is 23.3 Å². The van der Waals surface area contributed by atoms with Crippen LogP contribution in [0.25, 0.3) is 0 Å². The Morgan fingerprint density at radius 3 is 1.76 bits per heavy atom. The Morgan fingerprint density at radius 2 is 1.18 bits per heavy atom. The van der Waals surface area contributed by atoms with Gasteiger partial charge in [-0.1, -0.05) is 57.9 Å². The Labute approximate surface area is 557 Å². The summed E-state index contributed by atoms with van der Waals surface area (Å²) in [7, 11) is -14.8. The van der Waals surface area contributed by atoms with Crippen LogP contribution < -0.4 is 0 Å². The molecule has 14 N–H and O–H groups in total. The summed E-state index contributed by atoms with van der Waals surface area (Å²) in [6.07, 6.45) is -37.7. The van der Waals surface area contributed by atoms with E-state index in [-0.39, 0.29) is 34.0 Å². The topological polar surface area (TPSA) is 515 Å². The molecule has 4 aliphatic carbocycles. The normalized spacial score (nSPS) is 47.1. The predicted molar refractivity (Wildman–Crippen MR) is 321 cm³/mol. The zero-order chi connectivity index (χ0) is 71.1. The molecule has 9 rings (SSSR count). The molecule has 0 bridgehead atoms. The van der Waals surface area contributed by atoms with Gasteiger partial charge in [-0.2, -0.15) is 25.3 Å². The fourth-order valence-corrected chi connectivity index (χ4v) is 18.2. The van der Waals surface area contributed by atoms with Crippen molar-refractivity contribution in [1.29, 1.82) is 0 Å². The maximum absolute atomic E-state index is 12.6. The molecular weight excluding hydrogens is 1350 g/mol. The predicted octanol–water partition coefficient (Wildman–Crippen LogP) is -2.02. The molecule has 9 aliphatic rings. The molecule has 5 saturated heterocycles. The van der Waals surface area contributed by atoms with Crippen molar-refractivity contribution in [1.82, 2.24) is 0 Å². The molecule has 0 spiro atoms. The molecule has 0 unspecified atom stereocenters. The van der Waals surface area contributed by atoms with Crippen LogP contribution in [-0.2, 0) is 95.9 Å². The van der Waals surface area contributed by atoms with E-state index >= 15 is 0 Å². The molecule has 96 heavy (non-hydrogen) atoms. The number of aliphatic hydroxyl groups is 11. The SMILES string of the molecule is CO[C@@H]1[C@@H](O)[C@H](O[C@@H]2[C@@H](O)[C@H](O[C@H]3[C@H](O)[C@@H](O[C@@H]4OC[C@@H](O)[C@H](O)[C@H]4O)[C@H](O[C@H]4[C@H](O[C@H]5CC[C@]6(C)[C@H]7CC[C@]8(C)[C@@H]([C@@](C)(O)[C@H](O)CC=C(C)C)CC[C@@]8(C)C7=CC[C@H]6C5(C)C)OC[C@@H](OS(=O)(=O)O)[C@@H]4O)O[C@@H]3C)O[C@H](COS(=O)(=O)O)[C@H]2O)O[C@H](COS(=O)(=O)O)[C@H]1O. The van der Waals surface area contributed by atoms with E-state index in [0.717, 1.165) is 38.4 Å². The summed E-state index contributed by atoms with van der Waals surface area (Å²) in [4.78, 5) is 0. The summed E-state index contributed by atoms with van der Waals surface area (Å²) in [5.41, 5.74) is -0.601. The number of aliphatic hydroxyl groups excluding tert-OH is 10. The van der Waals surface area contributed by atoms with Crippen LogP contribution >= 0.6 is 0 Å². The van der Waals surface area contributed by atoms with Crippen molar-refractivity contribution < 1.29 is 160 Å². The van der Waals surface area contributed by atoms with Gasteiger partial charge in [-0.3, -0.25) is 13.7 Å². The number of ether oxygens (including phenoxy) is 11. The molecule has 32 atom stereocenters. The summed E-state index contributed by atoms with van der Waals surface area (Å²) in [6.45, 7) is 14.1. The largest absolute Gasteiger partial charge is 0.397 e. The van der Waals surface area contributed by atoms with Crippen molar-refractivity contribution in [2.24, 2.45) is 39.4 Å². The molecule has 5 aliphatic heterocycles. The standard InChI is InChI=1S/C59H98O34S3/c1-25(2)11-14-35(61)59(9,70)34-16-20-57(7)28-12-13-33-55(4,5)36(17-18-56(33,6)27(28)15-19-58(34,57)8)88-53-48(40(65)32(22-82-53)93-96(77,78)79)92-54-49(91-50-41(66)37(62)29(60)21-81-50)42(67)45(26(3)85-54)89-52-44(69)47(39(64)31(87-52)24-84-95(74,75)76)90-51-43(68)46(80-10)38(63)30(86-51)23-83-94(71,72)73/h11-12,26-27,29-54,60-70H,13-24H2,1-10H3,(H,71,72,73)(H,74,75,76)(H,77,78,79)/t26-,27+,29-,30-,31-,32-,33+,34+,35-,36+,37+,38-,39-,40+,41-,42+,43-,44-,45-,46+,47+,48-,49-,50+,51+,52+,53+,54+,56-,57+,58-,59-/m1/s1. The quantitative estimate of drug-likeness (QED) is 0.0388. The molecule has 34 nitrogen and oxygen atoms in total. The average Bonchev–Trinajstić information content (AvgIpc) is 1.39. The van der Waals surface area contributed by atoms with Crippen LogP contribution in [0.4, 0.5) is 0 Å². The minimum absolute atomic E-state index is 0.0390. The number of allylic oxidation sites excluding steroid dienone is 3. The molecule has 8 fully saturated rings. The Morgan fingerprint density at radius 1 is 0.625 bits per heavy atom. The first kappa shape index (κ1) is 78.3. The Hall–Kier alpha value is -1.79. The zero-order valence-electron chi connectivity index (χ0n) is 55.0. The molecule has 556 valence electrons. The number of hydrogen-bond donors (Lipinski definition) is 14. The smallest absolute Gasteiger partial charge is 0.390 e. The first-order valence-electron chi connectivity index (χ1n) is 32.1. The van der Waals surface area contributed by atoms with Crippen LogP contribution in [-0.4, -0.2) is 288 Å². The maximum atomic E-state index is 12.6. The van der Waals surface area contributed by atoms with Crippen molar-refractivity contribution in [2.75, 3.05) is 33.5 Å². The lowest BCUT2D eigenvalue weighted by Gasteiger charge is -2.65. The Balaban J connectivity index is 0.988. The van der Waals surface area contributed by atoms with Gasteiger partial charge in [0.1, 0.15) is 104 Å². The third kappa shape index (κ3) is 15.8. The van der Waals surface area contributed by atoms with Gasteiger partial charge in [-0.15, -0.1) is 0 Å². The van der Waals surface area contributed by atoms with Gasteiger partial charge in [-0.05, 0) is 118 Å². The zero-order valence-corrected chi connectivity index (χ0v) is 57.4. The first-order chi connectivity index (χ1) is 44.4. The van der Waals surface area contributed by atoms with E-state index in [1.807, 2.05) is 19.9 Å². The monoisotopic (exact) mass is 1450 g/mol. The average molecular weight is 1450 g/mol. The molecule has 0 amide bonds. The highest BCUT2D eigenvalue weighted by molar-refractivity contribution is 7.81. The second-order valence-electron chi connectivity index (χ2n) is 28.9. The van der Waals surface area contributed by atoms with Gasteiger partial charge in [-0.25, -0.2) is 12.5 Å². The number of fused-ring (bicyclic) bond motifs is 5. The van der Waals surface area contributed by atoms with Crippen LogP contribution in [0.1, 0.15) is 114 Å². The molecule has 0 radical (unpaired) electrons. The summed E-state index contributed by atoms with van der Waals surface area (Å²) >= 11 is 0. The lowest BCUT2D eigenvalue weighted by molar-refractivity contribution is -0.403. The second-order valence-corrected chi connectivity index (χ2v) is 32.1. The van der Waals surface area contributed by atoms with Gasteiger partial charge in [0.2, 0.25) is 0 Å². The highest BCUT2D eigenvalue weighted by Crippen LogP contribution is 2.74. The van der Waals surface area contributed by atoms with Crippen molar-refractivity contribution in [3.05, 3.63) is 23.3 Å². The number of methoxy groups -OCH3 is 1. The van der Waals surface area contributed by atoms with E-state index in [1.54, 1.807) is 6.92 Å². The van der Waals surface area contributed by atoms with E-state index in [2.05, 4.69) is 49.1 Å². The van der Waals surface area contributed by atoms with E-state index in [9.17, 15) is 95.1 Å². The third-order valence-electron chi connectivity index (χ3n) is 22.5. The fourth-order valence-electron chi connectivity index (χ4n) is 17.1. The number of hydrogen-bond acceptors (Lipinski definition) is 31. The van der Waals surface area contributed by atoms with Crippen LogP contribution in [0.5, 0.6) is 0 Å². The van der Waals surface area contributed by atoms with E-state index in [1.165, 1.54) is 12.5 Å². The van der Waals surface area contributed by atoms with E-state index in [4.69, 9.17) is 56.3 Å². The highest BCUT2D eigenvalue weighted by atomic mass is 32.3. The van der Waals surface area contributed by atoms with E-state index < -0.39 is 222 Å². The van der Waals surface area contributed by atoms with Crippen molar-refractivity contribution in [2.45, 2.75) is 273 Å².